The van der Waals surface area contributed by atoms with Gasteiger partial charge in [-0.15, -0.1) is 0 Å². The number of aryl methyl sites for hydroxylation is 1. The van der Waals surface area contributed by atoms with Gasteiger partial charge in [0, 0.05) is 5.56 Å². The molecule has 29 heavy (non-hydrogen) atoms. The summed E-state index contributed by atoms with van der Waals surface area (Å²) in [6, 6.07) is 21.3. The molecule has 0 bridgehead atoms. The number of carbonyl (C=O) groups is 2. The number of rotatable bonds is 6. The van der Waals surface area contributed by atoms with Gasteiger partial charge in [0.2, 0.25) is 0 Å². The third kappa shape index (κ3) is 5.56. The molecule has 0 aliphatic heterocycles. The third-order valence-electron chi connectivity index (χ3n) is 4.05. The maximum atomic E-state index is 12.3. The first kappa shape index (κ1) is 20.4. The van der Waals surface area contributed by atoms with Crippen LogP contribution in [-0.2, 0) is 4.79 Å². The van der Waals surface area contributed by atoms with Crippen LogP contribution in [0.25, 0.3) is 6.08 Å². The maximum Gasteiger partial charge on any atom is 0.352 e. The molecule has 0 saturated heterocycles. The summed E-state index contributed by atoms with van der Waals surface area (Å²) in [5.41, 5.74) is 1.81. The monoisotopic (exact) mass is 451 g/mol. The van der Waals surface area contributed by atoms with E-state index in [2.05, 4.69) is 21.2 Å². The minimum atomic E-state index is -1.22. The number of amides is 1. The van der Waals surface area contributed by atoms with Crippen molar-refractivity contribution in [3.05, 3.63) is 99.7 Å². The lowest BCUT2D eigenvalue weighted by Crippen LogP contribution is -2.27. The molecule has 2 N–H and O–H groups in total. The highest BCUT2D eigenvalue weighted by molar-refractivity contribution is 9.10. The summed E-state index contributed by atoms with van der Waals surface area (Å²) < 4.78 is 6.62. The topological polar surface area (TPSA) is 75.6 Å². The van der Waals surface area contributed by atoms with Crippen LogP contribution in [0.4, 0.5) is 0 Å². The number of carboxylic acid groups (broad SMARTS) is 1. The fraction of sp³-hybridized carbons (Fsp3) is 0.0435. The first-order chi connectivity index (χ1) is 13.9. The summed E-state index contributed by atoms with van der Waals surface area (Å²) in [7, 11) is 0. The zero-order valence-electron chi connectivity index (χ0n) is 15.6. The molecule has 1 amide bonds. The zero-order valence-corrected chi connectivity index (χ0v) is 17.1. The number of hydrogen-bond acceptors (Lipinski definition) is 3. The number of ether oxygens (including phenoxy) is 1. The van der Waals surface area contributed by atoms with Gasteiger partial charge in [0.25, 0.3) is 5.91 Å². The second-order valence-electron chi connectivity index (χ2n) is 6.28. The highest BCUT2D eigenvalue weighted by atomic mass is 79.9. The summed E-state index contributed by atoms with van der Waals surface area (Å²) in [6.07, 6.45) is 1.40. The van der Waals surface area contributed by atoms with Crippen molar-refractivity contribution in [1.82, 2.24) is 5.32 Å². The molecule has 3 rings (SSSR count). The van der Waals surface area contributed by atoms with E-state index in [0.717, 1.165) is 10.0 Å². The summed E-state index contributed by atoms with van der Waals surface area (Å²) in [5.74, 6) is -0.423. The number of carbonyl (C=O) groups excluding carboxylic acids is 1. The van der Waals surface area contributed by atoms with Gasteiger partial charge in [0.15, 0.2) is 0 Å². The van der Waals surface area contributed by atoms with E-state index in [0.29, 0.717) is 22.6 Å². The van der Waals surface area contributed by atoms with Gasteiger partial charge < -0.3 is 15.2 Å². The van der Waals surface area contributed by atoms with E-state index < -0.39 is 11.9 Å². The molecule has 0 atom stereocenters. The van der Waals surface area contributed by atoms with Crippen LogP contribution in [0.1, 0.15) is 21.5 Å². The van der Waals surface area contributed by atoms with Gasteiger partial charge in [-0.2, -0.15) is 0 Å². The fourth-order valence-electron chi connectivity index (χ4n) is 2.50. The standard InChI is InChI=1S/C23H18BrNO4/c1-15-6-10-17(11-7-15)22(26)25-20(23(27)28)14-16-8-12-18(13-9-16)29-21-5-3-2-4-19(21)24/h2-14H,1H3,(H,25,26)(H,27,28)/b20-14-. The predicted octanol–water partition coefficient (Wildman–Crippen LogP) is 5.41. The number of para-hydroxylation sites is 1. The van der Waals surface area contributed by atoms with Crippen molar-refractivity contribution in [3.63, 3.8) is 0 Å². The fourth-order valence-corrected chi connectivity index (χ4v) is 2.87. The Kier molecular flexibility index (Phi) is 6.46. The van der Waals surface area contributed by atoms with Gasteiger partial charge in [0.05, 0.1) is 4.47 Å². The Morgan fingerprint density at radius 2 is 1.62 bits per heavy atom. The molecule has 0 unspecified atom stereocenters. The van der Waals surface area contributed by atoms with Crippen LogP contribution in [0.3, 0.4) is 0 Å². The lowest BCUT2D eigenvalue weighted by atomic mass is 10.1. The van der Waals surface area contributed by atoms with E-state index in [1.807, 2.05) is 31.2 Å². The number of benzene rings is 3. The van der Waals surface area contributed by atoms with Crippen molar-refractivity contribution in [2.75, 3.05) is 0 Å². The van der Waals surface area contributed by atoms with Crippen LogP contribution in [0.15, 0.2) is 83.0 Å². The molecule has 0 saturated carbocycles. The number of hydrogen-bond donors (Lipinski definition) is 2. The summed E-state index contributed by atoms with van der Waals surface area (Å²) >= 11 is 3.42. The summed E-state index contributed by atoms with van der Waals surface area (Å²) in [4.78, 5) is 23.9. The molecular formula is C23H18BrNO4. The molecule has 0 aliphatic carbocycles. The van der Waals surface area contributed by atoms with E-state index in [9.17, 15) is 14.7 Å². The molecule has 0 aliphatic rings. The normalized spacial score (nSPS) is 11.0. The zero-order chi connectivity index (χ0) is 20.8. The van der Waals surface area contributed by atoms with Gasteiger partial charge in [0.1, 0.15) is 17.2 Å². The Morgan fingerprint density at radius 3 is 2.24 bits per heavy atom. The quantitative estimate of drug-likeness (QED) is 0.491. The second-order valence-corrected chi connectivity index (χ2v) is 7.14. The molecule has 0 aromatic heterocycles. The minimum Gasteiger partial charge on any atom is -0.477 e. The first-order valence-corrected chi connectivity index (χ1v) is 9.57. The van der Waals surface area contributed by atoms with Crippen molar-refractivity contribution in [2.45, 2.75) is 6.92 Å². The van der Waals surface area contributed by atoms with E-state index in [1.54, 1.807) is 48.5 Å². The number of carboxylic acids is 1. The van der Waals surface area contributed by atoms with Gasteiger partial charge in [-0.1, -0.05) is 42.0 Å². The van der Waals surface area contributed by atoms with Crippen LogP contribution < -0.4 is 10.1 Å². The lowest BCUT2D eigenvalue weighted by Gasteiger charge is -2.09. The van der Waals surface area contributed by atoms with Gasteiger partial charge in [-0.05, 0) is 70.9 Å². The van der Waals surface area contributed by atoms with Crippen LogP contribution in [-0.4, -0.2) is 17.0 Å². The Hall–Kier alpha value is -3.38. The molecular weight excluding hydrogens is 434 g/mol. The van der Waals surface area contributed by atoms with E-state index >= 15 is 0 Å². The Bertz CT molecular complexity index is 1060. The van der Waals surface area contributed by atoms with Gasteiger partial charge in [-0.25, -0.2) is 4.79 Å². The van der Waals surface area contributed by atoms with Crippen molar-refractivity contribution < 1.29 is 19.4 Å². The number of nitrogens with one attached hydrogen (secondary N) is 1. The Labute approximate surface area is 176 Å². The molecule has 146 valence electrons. The molecule has 0 fully saturated rings. The lowest BCUT2D eigenvalue weighted by molar-refractivity contribution is -0.132. The van der Waals surface area contributed by atoms with Crippen molar-refractivity contribution >= 4 is 33.9 Å². The first-order valence-electron chi connectivity index (χ1n) is 8.78. The van der Waals surface area contributed by atoms with Crippen molar-refractivity contribution in [1.29, 1.82) is 0 Å². The molecule has 5 nitrogen and oxygen atoms in total. The van der Waals surface area contributed by atoms with Crippen LogP contribution in [0.5, 0.6) is 11.5 Å². The molecule has 3 aromatic rings. The highest BCUT2D eigenvalue weighted by Crippen LogP contribution is 2.29. The summed E-state index contributed by atoms with van der Waals surface area (Å²) in [5, 5.41) is 11.9. The molecule has 3 aromatic carbocycles. The number of aliphatic carboxylic acids is 1. The van der Waals surface area contributed by atoms with Crippen LogP contribution in [0.2, 0.25) is 0 Å². The maximum absolute atomic E-state index is 12.3. The average molecular weight is 452 g/mol. The Morgan fingerprint density at radius 1 is 0.966 bits per heavy atom. The van der Waals surface area contributed by atoms with Crippen LogP contribution in [0, 0.1) is 6.92 Å². The minimum absolute atomic E-state index is 0.213. The van der Waals surface area contributed by atoms with Gasteiger partial charge in [-0.3, -0.25) is 4.79 Å². The third-order valence-corrected chi connectivity index (χ3v) is 4.70. The molecule has 0 heterocycles. The van der Waals surface area contributed by atoms with Crippen LogP contribution >= 0.6 is 15.9 Å². The second kappa shape index (κ2) is 9.21. The van der Waals surface area contributed by atoms with E-state index in [1.165, 1.54) is 6.08 Å². The van der Waals surface area contributed by atoms with Gasteiger partial charge >= 0.3 is 5.97 Å². The molecule has 6 heteroatoms. The van der Waals surface area contributed by atoms with E-state index in [-0.39, 0.29) is 5.70 Å². The SMILES string of the molecule is Cc1ccc(C(=O)N/C(=C\c2ccc(Oc3ccccc3Br)cc2)C(=O)O)cc1. The smallest absolute Gasteiger partial charge is 0.352 e. The van der Waals surface area contributed by atoms with Crippen molar-refractivity contribution in [2.24, 2.45) is 0 Å². The van der Waals surface area contributed by atoms with Crippen molar-refractivity contribution in [3.8, 4) is 11.5 Å². The molecule has 0 radical (unpaired) electrons. The average Bonchev–Trinajstić information content (AvgIpc) is 2.71. The predicted molar refractivity (Wildman–Crippen MR) is 115 cm³/mol. The molecule has 0 spiro atoms. The highest BCUT2D eigenvalue weighted by Gasteiger charge is 2.13. The Balaban J connectivity index is 1.75. The van der Waals surface area contributed by atoms with E-state index in [4.69, 9.17) is 4.74 Å². The largest absolute Gasteiger partial charge is 0.477 e. The number of halogens is 1. The summed E-state index contributed by atoms with van der Waals surface area (Å²) in [6.45, 7) is 1.91.